The number of ether oxygens (including phenoxy) is 1. The van der Waals surface area contributed by atoms with Crippen LogP contribution in [0, 0.1) is 12.3 Å². The van der Waals surface area contributed by atoms with E-state index in [1.807, 2.05) is 30.3 Å². The molecule has 2 aliphatic rings. The number of hydrogen-bond donors (Lipinski definition) is 2. The molecule has 0 spiro atoms. The molecule has 1 aromatic rings. The number of benzene rings is 1. The second kappa shape index (κ2) is 7.17. The van der Waals surface area contributed by atoms with Gasteiger partial charge in [-0.3, -0.25) is 4.79 Å². The highest BCUT2D eigenvalue weighted by Crippen LogP contribution is 2.42. The Bertz CT molecular complexity index is 655. The van der Waals surface area contributed by atoms with Crippen molar-refractivity contribution < 1.29 is 24.2 Å². The van der Waals surface area contributed by atoms with Crippen LogP contribution in [0.2, 0.25) is 0 Å². The Morgan fingerprint density at radius 2 is 2.08 bits per heavy atom. The Morgan fingerprint density at radius 3 is 2.68 bits per heavy atom. The van der Waals surface area contributed by atoms with Gasteiger partial charge in [0, 0.05) is 19.3 Å². The standard InChI is InChI=1S/C20H26NO4/c1-3-9-21(2)15-10-16(12-18(21)19(23)11-15)25-20(24)17(13-22)14-7-5-4-6-8-14/h1,4-8,15-19,22-23H,9-13H2,2H3/q+1/t15-,16-,17-,18+,19+,21?/m0/s1. The van der Waals surface area contributed by atoms with Crippen LogP contribution in [0.4, 0.5) is 0 Å². The summed E-state index contributed by atoms with van der Waals surface area (Å²) in [5, 5.41) is 20.0. The van der Waals surface area contributed by atoms with Gasteiger partial charge in [-0.2, -0.15) is 0 Å². The number of nitrogens with zero attached hydrogens (tertiary/aromatic N) is 1. The lowest BCUT2D eigenvalue weighted by Crippen LogP contribution is -2.60. The molecule has 134 valence electrons. The Morgan fingerprint density at radius 1 is 1.36 bits per heavy atom. The third kappa shape index (κ3) is 3.30. The van der Waals surface area contributed by atoms with Crippen molar-refractivity contribution in [1.29, 1.82) is 0 Å². The van der Waals surface area contributed by atoms with Crippen molar-refractivity contribution in [2.45, 2.75) is 49.5 Å². The van der Waals surface area contributed by atoms with Gasteiger partial charge in [-0.05, 0) is 11.5 Å². The van der Waals surface area contributed by atoms with Gasteiger partial charge >= 0.3 is 5.97 Å². The maximum atomic E-state index is 12.6. The molecule has 2 heterocycles. The lowest BCUT2D eigenvalue weighted by molar-refractivity contribution is -0.944. The van der Waals surface area contributed by atoms with Crippen LogP contribution in [0.25, 0.3) is 0 Å². The highest BCUT2D eigenvalue weighted by molar-refractivity contribution is 5.78. The minimum Gasteiger partial charge on any atom is -0.461 e. The summed E-state index contributed by atoms with van der Waals surface area (Å²) in [6, 6.07) is 9.38. The number of piperidine rings is 1. The normalized spacial score (nSPS) is 35.0. The predicted molar refractivity (Wildman–Crippen MR) is 93.5 cm³/mol. The van der Waals surface area contributed by atoms with Crippen LogP contribution in [0.3, 0.4) is 0 Å². The zero-order valence-electron chi connectivity index (χ0n) is 14.5. The number of carbonyl (C=O) groups excluding carboxylic acids is 1. The SMILES string of the molecule is C#CC[N+]1(C)[C@H]2C[C@H](OC(=O)[C@@H](CO)c3ccccc3)C[C@@H]1[C@H](O)C2. The topological polar surface area (TPSA) is 66.8 Å². The molecule has 1 unspecified atom stereocenters. The molecule has 5 nitrogen and oxygen atoms in total. The molecule has 2 aliphatic heterocycles. The molecule has 5 heteroatoms. The zero-order valence-corrected chi connectivity index (χ0v) is 14.5. The molecular weight excluding hydrogens is 318 g/mol. The number of terminal acetylenes is 1. The fraction of sp³-hybridized carbons (Fsp3) is 0.550. The second-order valence-electron chi connectivity index (χ2n) is 7.41. The maximum absolute atomic E-state index is 12.6. The Hall–Kier alpha value is -1.87. The lowest BCUT2D eigenvalue weighted by atomic mass is 9.95. The third-order valence-corrected chi connectivity index (χ3v) is 5.97. The molecule has 2 N–H and O–H groups in total. The van der Waals surface area contributed by atoms with Gasteiger partial charge in [0.25, 0.3) is 0 Å². The summed E-state index contributed by atoms with van der Waals surface area (Å²) in [5.74, 6) is 1.65. The number of fused-ring (bicyclic) bond motifs is 2. The average molecular weight is 344 g/mol. The van der Waals surface area contributed by atoms with E-state index >= 15 is 0 Å². The second-order valence-corrected chi connectivity index (χ2v) is 7.41. The number of esters is 1. The van der Waals surface area contributed by atoms with Crippen molar-refractivity contribution in [3.63, 3.8) is 0 Å². The Balaban J connectivity index is 1.69. The van der Waals surface area contributed by atoms with Crippen molar-refractivity contribution in [3.8, 4) is 12.3 Å². The van der Waals surface area contributed by atoms with Crippen LogP contribution in [0.1, 0.15) is 30.7 Å². The molecule has 2 saturated heterocycles. The molecule has 2 bridgehead atoms. The van der Waals surface area contributed by atoms with E-state index in [0.29, 0.717) is 30.3 Å². The molecule has 1 aromatic carbocycles. The first-order chi connectivity index (χ1) is 12.0. The Labute approximate surface area is 148 Å². The first-order valence-corrected chi connectivity index (χ1v) is 8.82. The fourth-order valence-electron chi connectivity index (χ4n) is 4.53. The van der Waals surface area contributed by atoms with Gasteiger partial charge in [0.1, 0.15) is 30.7 Å². The number of rotatable bonds is 5. The quantitative estimate of drug-likeness (QED) is 0.476. The van der Waals surface area contributed by atoms with Gasteiger partial charge < -0.3 is 19.4 Å². The van der Waals surface area contributed by atoms with E-state index in [4.69, 9.17) is 11.2 Å². The molecule has 0 saturated carbocycles. The highest BCUT2D eigenvalue weighted by atomic mass is 16.5. The first kappa shape index (κ1) is 17.9. The van der Waals surface area contributed by atoms with Crippen LogP contribution in [-0.2, 0) is 9.53 Å². The summed E-state index contributed by atoms with van der Waals surface area (Å²) in [6.07, 6.45) is 6.87. The van der Waals surface area contributed by atoms with Crippen molar-refractivity contribution in [1.82, 2.24) is 0 Å². The lowest BCUT2D eigenvalue weighted by Gasteiger charge is -2.45. The summed E-state index contributed by atoms with van der Waals surface area (Å²) < 4.78 is 6.39. The predicted octanol–water partition coefficient (Wildman–Crippen LogP) is 1.05. The highest BCUT2D eigenvalue weighted by Gasteiger charge is 2.56. The summed E-state index contributed by atoms with van der Waals surface area (Å²) >= 11 is 0. The molecule has 6 atom stereocenters. The number of aliphatic hydroxyl groups excluding tert-OH is 2. The smallest absolute Gasteiger partial charge is 0.316 e. The summed E-state index contributed by atoms with van der Waals surface area (Å²) in [6.45, 7) is 0.298. The van der Waals surface area contributed by atoms with E-state index in [2.05, 4.69) is 13.0 Å². The zero-order chi connectivity index (χ0) is 18.0. The summed E-state index contributed by atoms with van der Waals surface area (Å²) in [7, 11) is 2.09. The number of aliphatic hydroxyl groups is 2. The number of quaternary nitrogens is 1. The average Bonchev–Trinajstić information content (AvgIpc) is 2.72. The van der Waals surface area contributed by atoms with Gasteiger partial charge in [0.2, 0.25) is 0 Å². The molecule has 2 fully saturated rings. The van der Waals surface area contributed by atoms with Gasteiger partial charge in [0.15, 0.2) is 0 Å². The van der Waals surface area contributed by atoms with Gasteiger partial charge in [-0.25, -0.2) is 0 Å². The van der Waals surface area contributed by atoms with Crippen LogP contribution >= 0.6 is 0 Å². The maximum Gasteiger partial charge on any atom is 0.316 e. The first-order valence-electron chi connectivity index (χ1n) is 8.82. The molecule has 0 amide bonds. The largest absolute Gasteiger partial charge is 0.461 e. The van der Waals surface area contributed by atoms with E-state index < -0.39 is 18.0 Å². The van der Waals surface area contributed by atoms with E-state index in [9.17, 15) is 15.0 Å². The summed E-state index contributed by atoms with van der Waals surface area (Å²) in [5.41, 5.74) is 0.752. The molecule has 3 rings (SSSR count). The molecule has 0 aliphatic carbocycles. The van der Waals surface area contributed by atoms with Gasteiger partial charge in [0.05, 0.1) is 19.7 Å². The van der Waals surface area contributed by atoms with Crippen molar-refractivity contribution in [3.05, 3.63) is 35.9 Å². The van der Waals surface area contributed by atoms with E-state index in [0.717, 1.165) is 5.56 Å². The summed E-state index contributed by atoms with van der Waals surface area (Å²) in [4.78, 5) is 12.6. The molecule has 25 heavy (non-hydrogen) atoms. The van der Waals surface area contributed by atoms with Crippen LogP contribution in [-0.4, -0.2) is 65.2 Å². The van der Waals surface area contributed by atoms with E-state index in [-0.39, 0.29) is 24.8 Å². The van der Waals surface area contributed by atoms with Gasteiger partial charge in [-0.15, -0.1) is 6.42 Å². The number of hydrogen-bond acceptors (Lipinski definition) is 4. The van der Waals surface area contributed by atoms with Crippen LogP contribution in [0.15, 0.2) is 30.3 Å². The fourth-order valence-corrected chi connectivity index (χ4v) is 4.53. The minimum atomic E-state index is -0.669. The number of likely N-dealkylation sites (N-methyl/N-ethyl adjacent to an activating group) is 1. The molecule has 0 aromatic heterocycles. The van der Waals surface area contributed by atoms with Crippen LogP contribution < -0.4 is 0 Å². The van der Waals surface area contributed by atoms with Crippen molar-refractivity contribution in [2.24, 2.45) is 0 Å². The van der Waals surface area contributed by atoms with Gasteiger partial charge in [-0.1, -0.05) is 30.3 Å². The molecule has 0 radical (unpaired) electrons. The van der Waals surface area contributed by atoms with E-state index in [1.54, 1.807) is 0 Å². The minimum absolute atomic E-state index is 0.00287. The van der Waals surface area contributed by atoms with Crippen molar-refractivity contribution in [2.75, 3.05) is 20.2 Å². The van der Waals surface area contributed by atoms with Crippen molar-refractivity contribution >= 4 is 5.97 Å². The van der Waals surface area contributed by atoms with E-state index in [1.165, 1.54) is 0 Å². The molecular formula is C20H26NO4+. The van der Waals surface area contributed by atoms with Crippen LogP contribution in [0.5, 0.6) is 0 Å². The third-order valence-electron chi connectivity index (χ3n) is 5.97. The Kier molecular flexibility index (Phi) is 5.14. The number of carbonyl (C=O) groups is 1. The monoisotopic (exact) mass is 344 g/mol.